The molecule has 24 heavy (non-hydrogen) atoms. The van der Waals surface area contributed by atoms with Crippen LogP contribution in [0.3, 0.4) is 0 Å². The first-order chi connectivity index (χ1) is 11.7. The van der Waals surface area contributed by atoms with Crippen molar-refractivity contribution in [2.75, 3.05) is 13.1 Å². The average molecular weight is 339 g/mol. The topological polar surface area (TPSA) is 37.4 Å². The number of likely N-dealkylation sites (tertiary alicyclic amines) is 1. The highest BCUT2D eigenvalue weighted by molar-refractivity contribution is 7.95. The molecule has 0 unspecified atom stereocenters. The van der Waals surface area contributed by atoms with E-state index in [1.165, 1.54) is 12.8 Å². The van der Waals surface area contributed by atoms with Crippen LogP contribution in [-0.2, 0) is 9.84 Å². The van der Waals surface area contributed by atoms with Crippen molar-refractivity contribution in [2.45, 2.75) is 30.6 Å². The van der Waals surface area contributed by atoms with E-state index in [0.29, 0.717) is 9.92 Å². The number of sulfone groups is 1. The molecule has 2 aliphatic heterocycles. The highest BCUT2D eigenvalue weighted by Gasteiger charge is 2.39. The lowest BCUT2D eigenvalue weighted by Crippen LogP contribution is -2.28. The van der Waals surface area contributed by atoms with E-state index in [0.717, 1.165) is 42.6 Å². The van der Waals surface area contributed by atoms with Gasteiger partial charge in [-0.2, -0.15) is 0 Å². The van der Waals surface area contributed by atoms with Gasteiger partial charge in [0, 0.05) is 24.2 Å². The molecule has 0 radical (unpaired) electrons. The summed E-state index contributed by atoms with van der Waals surface area (Å²) in [6.07, 6.45) is 4.46. The standard InChI is InChI=1S/C20H21NO2S/c22-24(23)18-13-7-6-12-17(18)19(16-10-4-3-5-11-16)20(24)21-14-8-1-2-9-15-21/h3-7,10-13H,1-2,8-9,14-15H2. The normalized spacial score (nSPS) is 19.9. The molecule has 3 nitrogen and oxygen atoms in total. The van der Waals surface area contributed by atoms with Crippen LogP contribution in [0.2, 0.25) is 0 Å². The number of nitrogens with zero attached hydrogens (tertiary/aromatic N) is 1. The highest BCUT2D eigenvalue weighted by atomic mass is 32.2. The fourth-order valence-electron chi connectivity index (χ4n) is 3.75. The summed E-state index contributed by atoms with van der Waals surface area (Å²) in [5.74, 6) is 0. The second-order valence-corrected chi connectivity index (χ2v) is 8.28. The van der Waals surface area contributed by atoms with Gasteiger partial charge in [0.1, 0.15) is 5.03 Å². The van der Waals surface area contributed by atoms with E-state index in [-0.39, 0.29) is 0 Å². The third-order valence-electron chi connectivity index (χ3n) is 4.87. The molecule has 2 heterocycles. The molecule has 4 rings (SSSR count). The quantitative estimate of drug-likeness (QED) is 0.828. The molecule has 0 aliphatic carbocycles. The van der Waals surface area contributed by atoms with Gasteiger partial charge in [-0.25, -0.2) is 8.42 Å². The number of rotatable bonds is 2. The molecule has 1 saturated heterocycles. The summed E-state index contributed by atoms with van der Waals surface area (Å²) in [7, 11) is -3.45. The minimum Gasteiger partial charge on any atom is -0.362 e. The SMILES string of the molecule is O=S1(=O)C(N2CCCCCC2)=C(c2ccccc2)c2ccccc21. The minimum absolute atomic E-state index is 0.447. The highest BCUT2D eigenvalue weighted by Crippen LogP contribution is 2.44. The van der Waals surface area contributed by atoms with Gasteiger partial charge in [0.05, 0.1) is 4.90 Å². The Morgan fingerprint density at radius 2 is 1.38 bits per heavy atom. The van der Waals surface area contributed by atoms with E-state index in [4.69, 9.17) is 0 Å². The summed E-state index contributed by atoms with van der Waals surface area (Å²) in [5.41, 5.74) is 2.68. The van der Waals surface area contributed by atoms with E-state index in [9.17, 15) is 8.42 Å². The predicted molar refractivity (Wildman–Crippen MR) is 96.1 cm³/mol. The molecule has 0 amide bonds. The zero-order chi connectivity index (χ0) is 16.6. The Bertz CT molecular complexity index is 877. The van der Waals surface area contributed by atoms with Gasteiger partial charge in [-0.05, 0) is 24.5 Å². The lowest BCUT2D eigenvalue weighted by Gasteiger charge is -2.24. The number of hydrogen-bond acceptors (Lipinski definition) is 3. The van der Waals surface area contributed by atoms with E-state index in [2.05, 4.69) is 4.90 Å². The smallest absolute Gasteiger partial charge is 0.222 e. The van der Waals surface area contributed by atoms with E-state index < -0.39 is 9.84 Å². The number of hydrogen-bond donors (Lipinski definition) is 0. The first-order valence-electron chi connectivity index (χ1n) is 8.59. The molecular formula is C20H21NO2S. The van der Waals surface area contributed by atoms with Crippen LogP contribution in [0, 0.1) is 0 Å². The Kier molecular flexibility index (Phi) is 3.93. The zero-order valence-electron chi connectivity index (χ0n) is 13.6. The van der Waals surface area contributed by atoms with Gasteiger partial charge in [0.25, 0.3) is 0 Å². The monoisotopic (exact) mass is 339 g/mol. The van der Waals surface area contributed by atoms with Crippen LogP contribution >= 0.6 is 0 Å². The van der Waals surface area contributed by atoms with Gasteiger partial charge >= 0.3 is 0 Å². The summed E-state index contributed by atoms with van der Waals surface area (Å²) in [5, 5.41) is 0.511. The summed E-state index contributed by atoms with van der Waals surface area (Å²) >= 11 is 0. The fourth-order valence-corrected chi connectivity index (χ4v) is 5.69. The molecule has 2 aromatic carbocycles. The Morgan fingerprint density at radius 1 is 0.750 bits per heavy atom. The van der Waals surface area contributed by atoms with Crippen molar-refractivity contribution in [1.82, 2.24) is 4.90 Å². The number of fused-ring (bicyclic) bond motifs is 1. The van der Waals surface area contributed by atoms with Crippen LogP contribution in [0.1, 0.15) is 36.8 Å². The van der Waals surface area contributed by atoms with Crippen molar-refractivity contribution in [2.24, 2.45) is 0 Å². The molecule has 2 aliphatic rings. The van der Waals surface area contributed by atoms with Crippen LogP contribution in [-0.4, -0.2) is 26.4 Å². The molecule has 124 valence electrons. The maximum atomic E-state index is 13.3. The zero-order valence-corrected chi connectivity index (χ0v) is 14.4. The molecule has 0 N–H and O–H groups in total. The van der Waals surface area contributed by atoms with Crippen molar-refractivity contribution in [3.8, 4) is 0 Å². The van der Waals surface area contributed by atoms with Gasteiger partial charge in [0.2, 0.25) is 9.84 Å². The van der Waals surface area contributed by atoms with E-state index in [1.54, 1.807) is 6.07 Å². The van der Waals surface area contributed by atoms with Crippen molar-refractivity contribution in [3.63, 3.8) is 0 Å². The second kappa shape index (κ2) is 6.10. The third kappa shape index (κ3) is 2.46. The molecule has 2 aromatic rings. The first-order valence-corrected chi connectivity index (χ1v) is 10.1. The van der Waals surface area contributed by atoms with Gasteiger partial charge in [-0.1, -0.05) is 61.4 Å². The number of benzene rings is 2. The summed E-state index contributed by atoms with van der Waals surface area (Å²) in [6, 6.07) is 17.3. The van der Waals surface area contributed by atoms with Crippen molar-refractivity contribution >= 4 is 15.4 Å². The lowest BCUT2D eigenvalue weighted by molar-refractivity contribution is 0.378. The summed E-state index contributed by atoms with van der Waals surface area (Å²) in [4.78, 5) is 2.55. The van der Waals surface area contributed by atoms with Crippen molar-refractivity contribution in [3.05, 3.63) is 70.8 Å². The molecule has 4 heteroatoms. The maximum absolute atomic E-state index is 13.3. The maximum Gasteiger partial charge on any atom is 0.222 e. The van der Waals surface area contributed by atoms with Crippen LogP contribution in [0.25, 0.3) is 5.57 Å². The predicted octanol–water partition coefficient (Wildman–Crippen LogP) is 4.07. The summed E-state index contributed by atoms with van der Waals surface area (Å²) < 4.78 is 26.6. The molecule has 0 saturated carbocycles. The molecule has 0 bridgehead atoms. The Hall–Kier alpha value is -2.07. The van der Waals surface area contributed by atoms with Gasteiger partial charge in [0.15, 0.2) is 0 Å². The van der Waals surface area contributed by atoms with Crippen LogP contribution in [0.15, 0.2) is 64.5 Å². The van der Waals surface area contributed by atoms with Crippen LogP contribution < -0.4 is 0 Å². The second-order valence-electron chi connectivity index (χ2n) is 6.45. The molecule has 0 aromatic heterocycles. The Labute approximate surface area is 143 Å². The van der Waals surface area contributed by atoms with Gasteiger partial charge < -0.3 is 4.90 Å². The van der Waals surface area contributed by atoms with E-state index >= 15 is 0 Å². The summed E-state index contributed by atoms with van der Waals surface area (Å²) in [6.45, 7) is 1.64. The Morgan fingerprint density at radius 3 is 2.08 bits per heavy atom. The fraction of sp³-hybridized carbons (Fsp3) is 0.300. The van der Waals surface area contributed by atoms with Gasteiger partial charge in [-0.3, -0.25) is 0 Å². The largest absolute Gasteiger partial charge is 0.362 e. The molecule has 1 fully saturated rings. The van der Waals surface area contributed by atoms with Crippen LogP contribution in [0.4, 0.5) is 0 Å². The minimum atomic E-state index is -3.45. The third-order valence-corrected chi connectivity index (χ3v) is 6.78. The van der Waals surface area contributed by atoms with Crippen molar-refractivity contribution in [1.29, 1.82) is 0 Å². The Balaban J connectivity index is 1.97. The van der Waals surface area contributed by atoms with Crippen molar-refractivity contribution < 1.29 is 8.42 Å². The molecule has 0 atom stereocenters. The van der Waals surface area contributed by atoms with Crippen LogP contribution in [0.5, 0.6) is 0 Å². The van der Waals surface area contributed by atoms with E-state index in [1.807, 2.05) is 48.5 Å². The van der Waals surface area contributed by atoms with Gasteiger partial charge in [-0.15, -0.1) is 0 Å². The average Bonchev–Trinajstić information content (AvgIpc) is 2.78. The molecular weight excluding hydrogens is 318 g/mol. The first kappa shape index (κ1) is 15.5. The molecule has 0 spiro atoms. The lowest BCUT2D eigenvalue weighted by atomic mass is 9.99.